The smallest absolute Gasteiger partial charge is 0.301 e. The first kappa shape index (κ1) is 14.9. The number of aliphatic hydroxyl groups is 1. The molecule has 1 atom stereocenters. The standard InChI is InChI=1S/C12H20N2O3S/c1-4-14(5-2)18(16,17)13-12-8-6-11(7-9-12)10(3)15/h6-10,13,15H,4-5H2,1-3H3. The maximum Gasteiger partial charge on any atom is 0.301 e. The van der Waals surface area contributed by atoms with Crippen molar-refractivity contribution >= 4 is 15.9 Å². The number of rotatable bonds is 6. The fourth-order valence-electron chi connectivity index (χ4n) is 1.61. The largest absolute Gasteiger partial charge is 0.389 e. The van der Waals surface area contributed by atoms with Crippen LogP contribution in [-0.4, -0.2) is 30.9 Å². The number of benzene rings is 1. The van der Waals surface area contributed by atoms with Gasteiger partial charge in [0.1, 0.15) is 0 Å². The van der Waals surface area contributed by atoms with Gasteiger partial charge in [0, 0.05) is 18.8 Å². The van der Waals surface area contributed by atoms with E-state index < -0.39 is 16.3 Å². The summed E-state index contributed by atoms with van der Waals surface area (Å²) in [7, 11) is -3.49. The molecule has 0 aliphatic carbocycles. The third-order valence-electron chi connectivity index (χ3n) is 2.69. The van der Waals surface area contributed by atoms with Gasteiger partial charge in [-0.15, -0.1) is 0 Å². The fourth-order valence-corrected chi connectivity index (χ4v) is 2.85. The van der Waals surface area contributed by atoms with Crippen LogP contribution in [0.2, 0.25) is 0 Å². The third-order valence-corrected chi connectivity index (χ3v) is 4.38. The van der Waals surface area contributed by atoms with Gasteiger partial charge in [-0.1, -0.05) is 26.0 Å². The molecule has 0 saturated heterocycles. The minimum atomic E-state index is -3.49. The minimum Gasteiger partial charge on any atom is -0.389 e. The summed E-state index contributed by atoms with van der Waals surface area (Å²) in [5.74, 6) is 0. The predicted molar refractivity (Wildman–Crippen MR) is 72.5 cm³/mol. The molecule has 0 amide bonds. The molecule has 1 rings (SSSR count). The molecular formula is C12H20N2O3S. The van der Waals surface area contributed by atoms with E-state index in [0.717, 1.165) is 5.56 Å². The summed E-state index contributed by atoms with van der Waals surface area (Å²) in [5, 5.41) is 9.36. The van der Waals surface area contributed by atoms with Gasteiger partial charge < -0.3 is 5.11 Å². The average Bonchev–Trinajstić information content (AvgIpc) is 2.30. The Labute approximate surface area is 109 Å². The second kappa shape index (κ2) is 6.17. The van der Waals surface area contributed by atoms with Crippen LogP contribution in [0.1, 0.15) is 32.4 Å². The molecule has 1 aromatic rings. The van der Waals surface area contributed by atoms with Crippen LogP contribution >= 0.6 is 0 Å². The van der Waals surface area contributed by atoms with Crippen molar-refractivity contribution in [2.24, 2.45) is 0 Å². The van der Waals surface area contributed by atoms with Crippen molar-refractivity contribution in [3.8, 4) is 0 Å². The van der Waals surface area contributed by atoms with Gasteiger partial charge in [0.15, 0.2) is 0 Å². The van der Waals surface area contributed by atoms with E-state index in [9.17, 15) is 13.5 Å². The first-order valence-electron chi connectivity index (χ1n) is 5.96. The highest BCUT2D eigenvalue weighted by molar-refractivity contribution is 7.90. The van der Waals surface area contributed by atoms with E-state index in [-0.39, 0.29) is 0 Å². The molecule has 0 radical (unpaired) electrons. The van der Waals surface area contributed by atoms with Crippen LogP contribution in [0.5, 0.6) is 0 Å². The van der Waals surface area contributed by atoms with Gasteiger partial charge in [0.2, 0.25) is 0 Å². The van der Waals surface area contributed by atoms with Gasteiger partial charge in [-0.05, 0) is 24.6 Å². The number of hydrogen-bond acceptors (Lipinski definition) is 3. The summed E-state index contributed by atoms with van der Waals surface area (Å²) < 4.78 is 27.7. The normalized spacial score (nSPS) is 13.6. The summed E-state index contributed by atoms with van der Waals surface area (Å²) in [4.78, 5) is 0. The van der Waals surface area contributed by atoms with E-state index in [2.05, 4.69) is 4.72 Å². The lowest BCUT2D eigenvalue weighted by Gasteiger charge is -2.19. The van der Waals surface area contributed by atoms with Crippen molar-refractivity contribution in [2.45, 2.75) is 26.9 Å². The van der Waals surface area contributed by atoms with Gasteiger partial charge in [0.05, 0.1) is 6.10 Å². The van der Waals surface area contributed by atoms with Crippen molar-refractivity contribution in [2.75, 3.05) is 17.8 Å². The van der Waals surface area contributed by atoms with Gasteiger partial charge in [-0.25, -0.2) is 0 Å². The van der Waals surface area contributed by atoms with Gasteiger partial charge in [-0.2, -0.15) is 12.7 Å². The Morgan fingerprint density at radius 1 is 1.22 bits per heavy atom. The van der Waals surface area contributed by atoms with E-state index in [0.29, 0.717) is 18.8 Å². The summed E-state index contributed by atoms with van der Waals surface area (Å²) in [6.45, 7) is 6.10. The topological polar surface area (TPSA) is 69.6 Å². The zero-order chi connectivity index (χ0) is 13.8. The highest BCUT2D eigenvalue weighted by atomic mass is 32.2. The van der Waals surface area contributed by atoms with E-state index >= 15 is 0 Å². The van der Waals surface area contributed by atoms with Crippen LogP contribution in [0, 0.1) is 0 Å². The van der Waals surface area contributed by atoms with Crippen molar-refractivity contribution < 1.29 is 13.5 Å². The highest BCUT2D eigenvalue weighted by Gasteiger charge is 2.18. The van der Waals surface area contributed by atoms with E-state index in [1.165, 1.54) is 4.31 Å². The molecule has 1 aromatic carbocycles. The second-order valence-electron chi connectivity index (χ2n) is 3.99. The molecule has 0 fully saturated rings. The Kier molecular flexibility index (Phi) is 5.13. The average molecular weight is 272 g/mol. The Morgan fingerprint density at radius 3 is 2.11 bits per heavy atom. The van der Waals surface area contributed by atoms with Crippen molar-refractivity contribution in [1.82, 2.24) is 4.31 Å². The molecule has 0 saturated carbocycles. The molecule has 2 N–H and O–H groups in total. The quantitative estimate of drug-likeness (QED) is 0.828. The van der Waals surface area contributed by atoms with Gasteiger partial charge in [0.25, 0.3) is 0 Å². The predicted octanol–water partition coefficient (Wildman–Crippen LogP) is 1.74. The summed E-state index contributed by atoms with van der Waals surface area (Å²) in [5.41, 5.74) is 1.24. The highest BCUT2D eigenvalue weighted by Crippen LogP contribution is 2.17. The summed E-state index contributed by atoms with van der Waals surface area (Å²) in [6.07, 6.45) is -0.557. The van der Waals surface area contributed by atoms with Crippen LogP contribution in [0.3, 0.4) is 0 Å². The monoisotopic (exact) mass is 272 g/mol. The molecule has 0 heterocycles. The Morgan fingerprint density at radius 2 is 1.72 bits per heavy atom. The van der Waals surface area contributed by atoms with E-state index in [1.54, 1.807) is 45.0 Å². The summed E-state index contributed by atoms with van der Waals surface area (Å²) >= 11 is 0. The zero-order valence-corrected chi connectivity index (χ0v) is 11.7. The summed E-state index contributed by atoms with van der Waals surface area (Å²) in [6, 6.07) is 6.68. The minimum absolute atomic E-state index is 0.428. The molecule has 6 heteroatoms. The molecule has 0 aliphatic rings. The third kappa shape index (κ3) is 3.69. The lowest BCUT2D eigenvalue weighted by atomic mass is 10.1. The SMILES string of the molecule is CCN(CC)S(=O)(=O)Nc1ccc(C(C)O)cc1. The van der Waals surface area contributed by atoms with Gasteiger partial charge >= 0.3 is 10.2 Å². The maximum absolute atomic E-state index is 11.9. The van der Waals surface area contributed by atoms with Crippen LogP contribution < -0.4 is 4.72 Å². The number of nitrogens with zero attached hydrogens (tertiary/aromatic N) is 1. The molecule has 0 spiro atoms. The number of hydrogen-bond donors (Lipinski definition) is 2. The first-order chi connectivity index (χ1) is 8.40. The molecule has 102 valence electrons. The van der Waals surface area contributed by atoms with Crippen LogP contribution in [0.25, 0.3) is 0 Å². The number of anilines is 1. The van der Waals surface area contributed by atoms with E-state index in [1.807, 2.05) is 0 Å². The Balaban J connectivity index is 2.84. The lowest BCUT2D eigenvalue weighted by Crippen LogP contribution is -2.35. The van der Waals surface area contributed by atoms with Crippen LogP contribution in [0.4, 0.5) is 5.69 Å². The zero-order valence-electron chi connectivity index (χ0n) is 10.9. The molecule has 1 unspecified atom stereocenters. The van der Waals surface area contributed by atoms with Crippen LogP contribution in [0.15, 0.2) is 24.3 Å². The van der Waals surface area contributed by atoms with Gasteiger partial charge in [-0.3, -0.25) is 4.72 Å². The van der Waals surface area contributed by atoms with Crippen LogP contribution in [-0.2, 0) is 10.2 Å². The molecule has 18 heavy (non-hydrogen) atoms. The van der Waals surface area contributed by atoms with E-state index in [4.69, 9.17) is 0 Å². The Bertz CT molecular complexity index is 465. The number of nitrogens with one attached hydrogen (secondary N) is 1. The fraction of sp³-hybridized carbons (Fsp3) is 0.500. The molecular weight excluding hydrogens is 252 g/mol. The molecule has 0 aliphatic heterocycles. The molecule has 0 bridgehead atoms. The maximum atomic E-state index is 11.9. The second-order valence-corrected chi connectivity index (χ2v) is 5.66. The molecule has 0 aromatic heterocycles. The van der Waals surface area contributed by atoms with Crippen molar-refractivity contribution in [3.05, 3.63) is 29.8 Å². The number of aliphatic hydroxyl groups excluding tert-OH is 1. The van der Waals surface area contributed by atoms with Crippen molar-refractivity contribution in [1.29, 1.82) is 0 Å². The van der Waals surface area contributed by atoms with Crippen molar-refractivity contribution in [3.63, 3.8) is 0 Å². The lowest BCUT2D eigenvalue weighted by molar-refractivity contribution is 0.199. The molecule has 5 nitrogen and oxygen atoms in total. The first-order valence-corrected chi connectivity index (χ1v) is 7.40. The Hall–Kier alpha value is -1.11.